The van der Waals surface area contributed by atoms with E-state index in [0.717, 1.165) is 45.3 Å². The van der Waals surface area contributed by atoms with Gasteiger partial charge in [-0.25, -0.2) is 0 Å². The Morgan fingerprint density at radius 3 is 2.50 bits per heavy atom. The SMILES string of the molecule is O=CNCCCCCNCc1ccccc1. The average Bonchev–Trinajstić information content (AvgIpc) is 2.34. The van der Waals surface area contributed by atoms with Gasteiger partial charge in [0.25, 0.3) is 0 Å². The molecule has 2 N–H and O–H groups in total. The lowest BCUT2D eigenvalue weighted by Crippen LogP contribution is -2.16. The molecule has 0 unspecified atom stereocenters. The molecule has 1 aromatic carbocycles. The summed E-state index contributed by atoms with van der Waals surface area (Å²) >= 11 is 0. The molecule has 0 aliphatic carbocycles. The fraction of sp³-hybridized carbons (Fsp3) is 0.462. The molecule has 0 fully saturated rings. The second kappa shape index (κ2) is 8.92. The fourth-order valence-corrected chi connectivity index (χ4v) is 1.54. The van der Waals surface area contributed by atoms with Crippen molar-refractivity contribution in [2.45, 2.75) is 25.8 Å². The number of carbonyl (C=O) groups is 1. The maximum atomic E-state index is 9.97. The van der Waals surface area contributed by atoms with Gasteiger partial charge in [-0.2, -0.15) is 0 Å². The Morgan fingerprint density at radius 2 is 1.75 bits per heavy atom. The smallest absolute Gasteiger partial charge is 0.207 e. The third-order valence-electron chi connectivity index (χ3n) is 2.43. The molecule has 1 aromatic rings. The van der Waals surface area contributed by atoms with Crippen molar-refractivity contribution < 1.29 is 4.79 Å². The number of rotatable bonds is 9. The highest BCUT2D eigenvalue weighted by molar-refractivity contribution is 5.45. The molecule has 0 aliphatic rings. The molecular weight excluding hydrogens is 200 g/mol. The summed E-state index contributed by atoms with van der Waals surface area (Å²) in [6.45, 7) is 2.77. The summed E-state index contributed by atoms with van der Waals surface area (Å²) in [5, 5.41) is 6.07. The Bertz CT molecular complexity index is 275. The van der Waals surface area contributed by atoms with E-state index in [1.807, 2.05) is 6.07 Å². The summed E-state index contributed by atoms with van der Waals surface area (Å²) in [6, 6.07) is 10.4. The molecule has 0 aromatic heterocycles. The summed E-state index contributed by atoms with van der Waals surface area (Å²) in [4.78, 5) is 9.97. The summed E-state index contributed by atoms with van der Waals surface area (Å²) in [6.07, 6.45) is 4.13. The molecule has 1 amide bonds. The fourth-order valence-electron chi connectivity index (χ4n) is 1.54. The van der Waals surface area contributed by atoms with Crippen LogP contribution in [-0.4, -0.2) is 19.5 Å². The summed E-state index contributed by atoms with van der Waals surface area (Å²) < 4.78 is 0. The monoisotopic (exact) mass is 220 g/mol. The van der Waals surface area contributed by atoms with Crippen LogP contribution in [0, 0.1) is 0 Å². The number of hydrogen-bond donors (Lipinski definition) is 2. The van der Waals surface area contributed by atoms with Gasteiger partial charge in [0.15, 0.2) is 0 Å². The van der Waals surface area contributed by atoms with Gasteiger partial charge in [-0.05, 0) is 24.9 Å². The molecule has 3 nitrogen and oxygen atoms in total. The number of amides is 1. The van der Waals surface area contributed by atoms with Crippen LogP contribution in [0.5, 0.6) is 0 Å². The molecule has 0 spiro atoms. The molecule has 0 radical (unpaired) electrons. The largest absolute Gasteiger partial charge is 0.359 e. The summed E-state index contributed by atoms with van der Waals surface area (Å²) in [5.41, 5.74) is 1.32. The quantitative estimate of drug-likeness (QED) is 0.491. The minimum absolute atomic E-state index is 0.758. The number of benzene rings is 1. The van der Waals surface area contributed by atoms with Crippen molar-refractivity contribution in [3.8, 4) is 0 Å². The van der Waals surface area contributed by atoms with E-state index in [9.17, 15) is 4.79 Å². The van der Waals surface area contributed by atoms with E-state index in [1.54, 1.807) is 0 Å². The molecule has 0 bridgehead atoms. The number of nitrogens with one attached hydrogen (secondary N) is 2. The molecule has 0 saturated carbocycles. The van der Waals surface area contributed by atoms with Crippen molar-refractivity contribution in [1.29, 1.82) is 0 Å². The van der Waals surface area contributed by atoms with Crippen LogP contribution >= 0.6 is 0 Å². The van der Waals surface area contributed by atoms with Gasteiger partial charge in [-0.15, -0.1) is 0 Å². The zero-order valence-corrected chi connectivity index (χ0v) is 9.61. The Morgan fingerprint density at radius 1 is 1.00 bits per heavy atom. The van der Waals surface area contributed by atoms with E-state index >= 15 is 0 Å². The second-order valence-electron chi connectivity index (χ2n) is 3.80. The number of hydrogen-bond acceptors (Lipinski definition) is 2. The van der Waals surface area contributed by atoms with Crippen LogP contribution in [-0.2, 0) is 11.3 Å². The maximum Gasteiger partial charge on any atom is 0.207 e. The Labute approximate surface area is 97.2 Å². The predicted octanol–water partition coefficient (Wildman–Crippen LogP) is 1.69. The standard InChI is InChI=1S/C13H20N2O/c16-12-15-10-6-2-5-9-14-11-13-7-3-1-4-8-13/h1,3-4,7-8,12,14H,2,5-6,9-11H2,(H,15,16). The van der Waals surface area contributed by atoms with Gasteiger partial charge >= 0.3 is 0 Å². The van der Waals surface area contributed by atoms with Crippen LogP contribution in [0.15, 0.2) is 30.3 Å². The summed E-state index contributed by atoms with van der Waals surface area (Å²) in [7, 11) is 0. The molecule has 0 atom stereocenters. The first kappa shape index (κ1) is 12.7. The highest BCUT2D eigenvalue weighted by Crippen LogP contribution is 1.98. The van der Waals surface area contributed by atoms with E-state index in [0.29, 0.717) is 0 Å². The minimum atomic E-state index is 0.758. The van der Waals surface area contributed by atoms with Gasteiger partial charge in [-0.3, -0.25) is 4.79 Å². The zero-order chi connectivity index (χ0) is 11.5. The first-order valence-corrected chi connectivity index (χ1v) is 5.85. The van der Waals surface area contributed by atoms with Crippen LogP contribution < -0.4 is 10.6 Å². The molecule has 0 heterocycles. The van der Waals surface area contributed by atoms with E-state index in [-0.39, 0.29) is 0 Å². The van der Waals surface area contributed by atoms with Crippen molar-refractivity contribution in [1.82, 2.24) is 10.6 Å². The van der Waals surface area contributed by atoms with Gasteiger partial charge < -0.3 is 10.6 Å². The van der Waals surface area contributed by atoms with Gasteiger partial charge in [0.05, 0.1) is 0 Å². The first-order chi connectivity index (χ1) is 7.93. The highest BCUT2D eigenvalue weighted by Gasteiger charge is 1.91. The van der Waals surface area contributed by atoms with E-state index < -0.39 is 0 Å². The maximum absolute atomic E-state index is 9.97. The van der Waals surface area contributed by atoms with Crippen molar-refractivity contribution in [3.05, 3.63) is 35.9 Å². The normalized spacial score (nSPS) is 10.0. The lowest BCUT2D eigenvalue weighted by Gasteiger charge is -2.04. The molecule has 1 rings (SSSR count). The van der Waals surface area contributed by atoms with Crippen molar-refractivity contribution in [2.24, 2.45) is 0 Å². The van der Waals surface area contributed by atoms with Gasteiger partial charge in [0.1, 0.15) is 0 Å². The van der Waals surface area contributed by atoms with Crippen LogP contribution in [0.3, 0.4) is 0 Å². The average molecular weight is 220 g/mol. The molecule has 0 aliphatic heterocycles. The van der Waals surface area contributed by atoms with Crippen molar-refractivity contribution in [2.75, 3.05) is 13.1 Å². The molecule has 16 heavy (non-hydrogen) atoms. The molecule has 88 valence electrons. The molecule has 3 heteroatoms. The van der Waals surface area contributed by atoms with Crippen LogP contribution in [0.2, 0.25) is 0 Å². The summed E-state index contributed by atoms with van der Waals surface area (Å²) in [5.74, 6) is 0. The third-order valence-corrected chi connectivity index (χ3v) is 2.43. The molecular formula is C13H20N2O. The molecule has 0 saturated heterocycles. The lowest BCUT2D eigenvalue weighted by molar-refractivity contribution is -0.109. The van der Waals surface area contributed by atoms with Crippen molar-refractivity contribution in [3.63, 3.8) is 0 Å². The zero-order valence-electron chi connectivity index (χ0n) is 9.61. The van der Waals surface area contributed by atoms with Gasteiger partial charge in [0, 0.05) is 13.1 Å². The van der Waals surface area contributed by atoms with Gasteiger partial charge in [0.2, 0.25) is 6.41 Å². The van der Waals surface area contributed by atoms with E-state index in [4.69, 9.17) is 0 Å². The van der Waals surface area contributed by atoms with Crippen LogP contribution in [0.25, 0.3) is 0 Å². The van der Waals surface area contributed by atoms with Gasteiger partial charge in [-0.1, -0.05) is 36.8 Å². The van der Waals surface area contributed by atoms with E-state index in [2.05, 4.69) is 34.9 Å². The first-order valence-electron chi connectivity index (χ1n) is 5.85. The number of carbonyl (C=O) groups excluding carboxylic acids is 1. The lowest BCUT2D eigenvalue weighted by atomic mass is 10.2. The van der Waals surface area contributed by atoms with E-state index in [1.165, 1.54) is 5.56 Å². The van der Waals surface area contributed by atoms with Crippen LogP contribution in [0.4, 0.5) is 0 Å². The minimum Gasteiger partial charge on any atom is -0.359 e. The Balaban J connectivity index is 1.90. The Kier molecular flexibility index (Phi) is 7.09. The Hall–Kier alpha value is -1.35. The predicted molar refractivity (Wildman–Crippen MR) is 66.1 cm³/mol. The topological polar surface area (TPSA) is 41.1 Å². The third kappa shape index (κ3) is 6.19. The second-order valence-corrected chi connectivity index (χ2v) is 3.80. The number of unbranched alkanes of at least 4 members (excludes halogenated alkanes) is 2. The van der Waals surface area contributed by atoms with Crippen molar-refractivity contribution >= 4 is 6.41 Å². The highest BCUT2D eigenvalue weighted by atomic mass is 16.1. The van der Waals surface area contributed by atoms with Crippen LogP contribution in [0.1, 0.15) is 24.8 Å².